The van der Waals surface area contributed by atoms with Crippen LogP contribution in [0.3, 0.4) is 0 Å². The van der Waals surface area contributed by atoms with E-state index in [4.69, 9.17) is 4.74 Å². The van der Waals surface area contributed by atoms with E-state index in [1.54, 1.807) is 7.11 Å². The van der Waals surface area contributed by atoms with Gasteiger partial charge in [0.25, 0.3) is 0 Å². The van der Waals surface area contributed by atoms with Crippen molar-refractivity contribution in [3.63, 3.8) is 0 Å². The smallest absolute Gasteiger partial charge is 0.206 e. The van der Waals surface area contributed by atoms with Crippen molar-refractivity contribution in [1.82, 2.24) is 0 Å². The highest BCUT2D eigenvalue weighted by atomic mass is 16.5. The van der Waals surface area contributed by atoms with E-state index in [0.29, 0.717) is 0 Å². The summed E-state index contributed by atoms with van der Waals surface area (Å²) in [5.41, 5.74) is 2.15. The van der Waals surface area contributed by atoms with Gasteiger partial charge in [0.15, 0.2) is 0 Å². The first kappa shape index (κ1) is 13.1. The Morgan fingerprint density at radius 3 is 2.30 bits per heavy atom. The first-order chi connectivity index (χ1) is 9.54. The number of methoxy groups -OCH3 is 1. The molecular formula is C17H18O3. The Morgan fingerprint density at radius 1 is 1.05 bits per heavy atom. The van der Waals surface area contributed by atoms with Crippen molar-refractivity contribution in [3.05, 3.63) is 41.5 Å². The molecule has 0 N–H and O–H groups in total. The van der Waals surface area contributed by atoms with E-state index in [9.17, 15) is 9.59 Å². The summed E-state index contributed by atoms with van der Waals surface area (Å²) < 4.78 is 5.17. The summed E-state index contributed by atoms with van der Waals surface area (Å²) in [5, 5.41) is 0. The molecule has 2 bridgehead atoms. The number of fused-ring (bicyclic) bond motifs is 2. The van der Waals surface area contributed by atoms with Crippen molar-refractivity contribution in [2.45, 2.75) is 19.8 Å². The summed E-state index contributed by atoms with van der Waals surface area (Å²) in [5.74, 6) is 0.114. The molecule has 0 amide bonds. The van der Waals surface area contributed by atoms with Crippen LogP contribution in [0.25, 0.3) is 0 Å². The maximum absolute atomic E-state index is 12.2. The summed E-state index contributed by atoms with van der Waals surface area (Å²) in [6, 6.07) is 7.84. The molecule has 1 fully saturated rings. The summed E-state index contributed by atoms with van der Waals surface area (Å²) in [4.78, 5) is 24.2. The van der Waals surface area contributed by atoms with Crippen LogP contribution in [0, 0.1) is 17.8 Å². The molecular weight excluding hydrogens is 252 g/mol. The Kier molecular flexibility index (Phi) is 3.00. The molecule has 0 heterocycles. The number of carbonyl (C=O) groups is 2. The van der Waals surface area contributed by atoms with E-state index in [2.05, 4.69) is 6.92 Å². The van der Waals surface area contributed by atoms with Crippen molar-refractivity contribution in [2.24, 2.45) is 17.8 Å². The molecule has 0 aromatic heterocycles. The fourth-order valence-corrected chi connectivity index (χ4v) is 3.67. The lowest BCUT2D eigenvalue weighted by atomic mass is 9.57. The van der Waals surface area contributed by atoms with Gasteiger partial charge in [-0.2, -0.15) is 0 Å². The Hall–Kier alpha value is -1.90. The van der Waals surface area contributed by atoms with Gasteiger partial charge in [-0.3, -0.25) is 9.59 Å². The third-order valence-corrected chi connectivity index (χ3v) is 4.75. The fourth-order valence-electron chi connectivity index (χ4n) is 3.67. The molecule has 104 valence electrons. The SMILES string of the molecule is COc1ccc([C@@H]2[C@H]3C(=O)C(=O)[C@H](C=C3C)[C@H]2C)cc1. The Morgan fingerprint density at radius 2 is 1.70 bits per heavy atom. The number of hydrogen-bond donors (Lipinski definition) is 0. The molecule has 1 saturated carbocycles. The summed E-state index contributed by atoms with van der Waals surface area (Å²) in [7, 11) is 1.63. The number of benzene rings is 1. The molecule has 3 heteroatoms. The molecule has 3 aliphatic rings. The van der Waals surface area contributed by atoms with Crippen molar-refractivity contribution < 1.29 is 14.3 Å². The highest BCUT2D eigenvalue weighted by Crippen LogP contribution is 2.49. The van der Waals surface area contributed by atoms with Crippen LogP contribution < -0.4 is 4.74 Å². The molecule has 3 nitrogen and oxygen atoms in total. The number of ether oxygens (including phenoxy) is 1. The van der Waals surface area contributed by atoms with Gasteiger partial charge in [0.2, 0.25) is 11.6 Å². The standard InChI is InChI=1S/C17H18O3/c1-9-8-13-10(2)15(14(9)17(19)16(13)18)11-4-6-12(20-3)7-5-11/h4-8,10,13-15H,1-3H3/t10-,13-,14+,15-/m1/s1. The average molecular weight is 270 g/mol. The summed E-state index contributed by atoms with van der Waals surface area (Å²) in [6.07, 6.45) is 1.99. The summed E-state index contributed by atoms with van der Waals surface area (Å²) >= 11 is 0. The Bertz CT molecular complexity index is 597. The molecule has 0 radical (unpaired) electrons. The predicted octanol–water partition coefficient (Wildman–Crippen LogP) is 2.76. The summed E-state index contributed by atoms with van der Waals surface area (Å²) in [6.45, 7) is 4.03. The number of hydrogen-bond acceptors (Lipinski definition) is 3. The van der Waals surface area contributed by atoms with E-state index >= 15 is 0 Å². The molecule has 4 atom stereocenters. The van der Waals surface area contributed by atoms with Crippen LogP contribution in [-0.4, -0.2) is 18.7 Å². The van der Waals surface area contributed by atoms with Crippen LogP contribution in [-0.2, 0) is 9.59 Å². The first-order valence-electron chi connectivity index (χ1n) is 6.95. The number of Topliss-reactive ketones (excluding diaryl/α,β-unsaturated/α-hetero) is 2. The topological polar surface area (TPSA) is 43.4 Å². The normalized spacial score (nSPS) is 32.2. The van der Waals surface area contributed by atoms with Crippen molar-refractivity contribution in [3.8, 4) is 5.75 Å². The molecule has 0 aliphatic heterocycles. The van der Waals surface area contributed by atoms with Crippen LogP contribution in [0.2, 0.25) is 0 Å². The van der Waals surface area contributed by atoms with Gasteiger partial charge in [-0.15, -0.1) is 0 Å². The third-order valence-electron chi connectivity index (χ3n) is 4.75. The minimum Gasteiger partial charge on any atom is -0.497 e. The zero-order chi connectivity index (χ0) is 14.4. The van der Waals surface area contributed by atoms with Crippen LogP contribution in [0.15, 0.2) is 35.9 Å². The van der Waals surface area contributed by atoms with Gasteiger partial charge in [-0.25, -0.2) is 0 Å². The molecule has 4 rings (SSSR count). The highest BCUT2D eigenvalue weighted by molar-refractivity contribution is 6.41. The van der Waals surface area contributed by atoms with Gasteiger partial charge in [0.05, 0.1) is 13.0 Å². The maximum atomic E-state index is 12.2. The molecule has 1 aromatic carbocycles. The van der Waals surface area contributed by atoms with Gasteiger partial charge < -0.3 is 4.74 Å². The van der Waals surface area contributed by atoms with Crippen LogP contribution >= 0.6 is 0 Å². The number of ketones is 2. The van der Waals surface area contributed by atoms with Gasteiger partial charge in [-0.1, -0.05) is 30.7 Å². The van der Waals surface area contributed by atoms with E-state index in [1.165, 1.54) is 0 Å². The lowest BCUT2D eigenvalue weighted by molar-refractivity contribution is -0.145. The second-order valence-corrected chi connectivity index (χ2v) is 5.80. The van der Waals surface area contributed by atoms with Crippen molar-refractivity contribution in [1.29, 1.82) is 0 Å². The highest BCUT2D eigenvalue weighted by Gasteiger charge is 2.51. The first-order valence-corrected chi connectivity index (χ1v) is 6.95. The van der Waals surface area contributed by atoms with Crippen LogP contribution in [0.1, 0.15) is 25.3 Å². The van der Waals surface area contributed by atoms with Crippen molar-refractivity contribution in [2.75, 3.05) is 7.11 Å². The van der Waals surface area contributed by atoms with Crippen LogP contribution in [0.4, 0.5) is 0 Å². The van der Waals surface area contributed by atoms with E-state index in [0.717, 1.165) is 16.9 Å². The van der Waals surface area contributed by atoms with Gasteiger partial charge in [0, 0.05) is 11.8 Å². The van der Waals surface area contributed by atoms with Gasteiger partial charge in [0.1, 0.15) is 5.75 Å². The predicted molar refractivity (Wildman–Crippen MR) is 75.7 cm³/mol. The Labute approximate surface area is 118 Å². The van der Waals surface area contributed by atoms with E-state index < -0.39 is 0 Å². The molecule has 0 unspecified atom stereocenters. The lowest BCUT2D eigenvalue weighted by Gasteiger charge is -2.44. The number of allylic oxidation sites excluding steroid dienone is 2. The zero-order valence-corrected chi connectivity index (χ0v) is 11.9. The second kappa shape index (κ2) is 4.58. The zero-order valence-electron chi connectivity index (χ0n) is 11.9. The molecule has 20 heavy (non-hydrogen) atoms. The largest absolute Gasteiger partial charge is 0.497 e. The second-order valence-electron chi connectivity index (χ2n) is 5.80. The molecule has 0 saturated heterocycles. The number of rotatable bonds is 2. The third kappa shape index (κ3) is 1.73. The number of carbonyl (C=O) groups excluding carboxylic acids is 2. The minimum atomic E-state index is -0.282. The fraction of sp³-hybridized carbons (Fsp3) is 0.412. The van der Waals surface area contributed by atoms with Crippen LogP contribution in [0.5, 0.6) is 5.75 Å². The monoisotopic (exact) mass is 270 g/mol. The minimum absolute atomic E-state index is 0.0982. The molecule has 3 aliphatic carbocycles. The molecule has 1 aromatic rings. The van der Waals surface area contributed by atoms with Gasteiger partial charge >= 0.3 is 0 Å². The van der Waals surface area contributed by atoms with E-state index in [-0.39, 0.29) is 35.2 Å². The molecule has 0 spiro atoms. The lowest BCUT2D eigenvalue weighted by Crippen LogP contribution is -2.48. The quantitative estimate of drug-likeness (QED) is 0.613. The maximum Gasteiger partial charge on any atom is 0.206 e. The van der Waals surface area contributed by atoms with E-state index in [1.807, 2.05) is 37.3 Å². The van der Waals surface area contributed by atoms with Gasteiger partial charge in [-0.05, 0) is 30.5 Å². The van der Waals surface area contributed by atoms with Crippen molar-refractivity contribution >= 4 is 11.6 Å². The Balaban J connectivity index is 2.03. The average Bonchev–Trinajstić information content (AvgIpc) is 2.46.